The van der Waals surface area contributed by atoms with Gasteiger partial charge in [0.15, 0.2) is 5.75 Å². The first kappa shape index (κ1) is 36.2. The molecule has 0 radical (unpaired) electrons. The normalized spacial score (nSPS) is 12.5. The van der Waals surface area contributed by atoms with Crippen LogP contribution in [0.3, 0.4) is 0 Å². The Balaban J connectivity index is 1.61. The van der Waals surface area contributed by atoms with Crippen molar-refractivity contribution in [1.82, 2.24) is 25.3 Å². The fourth-order valence-electron chi connectivity index (χ4n) is 4.91. The van der Waals surface area contributed by atoms with E-state index < -0.39 is 16.0 Å². The number of nitrogens with one attached hydrogen (secondary N) is 2. The smallest absolute Gasteiger partial charge is 0.335 e. The maximum absolute atomic E-state index is 13.4. The van der Waals surface area contributed by atoms with E-state index in [0.717, 1.165) is 35.6 Å². The van der Waals surface area contributed by atoms with Gasteiger partial charge >= 0.3 is 5.97 Å². The monoisotopic (exact) mass is 676 g/mol. The molecule has 0 aliphatic heterocycles. The standard InChI is InChI=1S/C35H44N6O6S/c1-22(2)47-27-18-37-30(38-19-27)20-36-26(14-15-35(5,6)7)21-46-31-17-29(32-23(3)10-8-11-24(32)4)39-34(40-31)41-48(44,45)28-13-9-12-25(16-28)33(42)43/h8-13,16-19,22,26,36H,14-15,20-21H2,1-7H3,(H,42,43)(H,39,40,41). The molecule has 4 aromatic rings. The second-order valence-electron chi connectivity index (χ2n) is 13.1. The van der Waals surface area contributed by atoms with Gasteiger partial charge in [0.1, 0.15) is 12.4 Å². The van der Waals surface area contributed by atoms with Crippen molar-refractivity contribution < 1.29 is 27.8 Å². The van der Waals surface area contributed by atoms with Crippen molar-refractivity contribution in [3.8, 4) is 22.9 Å². The summed E-state index contributed by atoms with van der Waals surface area (Å²) in [5.41, 5.74) is 3.10. The van der Waals surface area contributed by atoms with E-state index in [1.165, 1.54) is 18.2 Å². The third kappa shape index (κ3) is 10.4. The Bertz CT molecular complexity index is 1800. The second kappa shape index (κ2) is 15.5. The van der Waals surface area contributed by atoms with Gasteiger partial charge in [-0.15, -0.1) is 0 Å². The molecule has 0 aliphatic rings. The van der Waals surface area contributed by atoms with Gasteiger partial charge in [-0.3, -0.25) is 0 Å². The summed E-state index contributed by atoms with van der Waals surface area (Å²) in [4.78, 5) is 29.0. The van der Waals surface area contributed by atoms with E-state index in [9.17, 15) is 18.3 Å². The van der Waals surface area contributed by atoms with Crippen LogP contribution in [0.2, 0.25) is 0 Å². The van der Waals surface area contributed by atoms with Crippen molar-refractivity contribution in [3.63, 3.8) is 0 Å². The van der Waals surface area contributed by atoms with Crippen molar-refractivity contribution in [2.75, 3.05) is 11.3 Å². The van der Waals surface area contributed by atoms with Crippen LogP contribution in [0.4, 0.5) is 5.95 Å². The number of ether oxygens (including phenoxy) is 2. The van der Waals surface area contributed by atoms with Gasteiger partial charge in [0, 0.05) is 17.7 Å². The number of carboxylic acids is 1. The highest BCUT2D eigenvalue weighted by molar-refractivity contribution is 7.92. The summed E-state index contributed by atoms with van der Waals surface area (Å²) in [6.07, 6.45) is 5.02. The Kier molecular flexibility index (Phi) is 11.7. The van der Waals surface area contributed by atoms with Crippen LogP contribution in [0.1, 0.15) is 74.8 Å². The molecule has 13 heteroatoms. The molecule has 4 rings (SSSR count). The zero-order chi connectivity index (χ0) is 35.1. The van der Waals surface area contributed by atoms with Crippen LogP contribution < -0.4 is 19.5 Å². The minimum absolute atomic E-state index is 0.0208. The minimum atomic E-state index is -4.24. The summed E-state index contributed by atoms with van der Waals surface area (Å²) >= 11 is 0. The molecule has 1 atom stereocenters. The molecule has 0 saturated heterocycles. The molecule has 0 aliphatic carbocycles. The highest BCUT2D eigenvalue weighted by atomic mass is 32.2. The summed E-state index contributed by atoms with van der Waals surface area (Å²) in [5.74, 6) is -0.0640. The molecule has 0 bridgehead atoms. The summed E-state index contributed by atoms with van der Waals surface area (Å²) in [5, 5.41) is 12.9. The summed E-state index contributed by atoms with van der Waals surface area (Å²) in [7, 11) is -4.24. The van der Waals surface area contributed by atoms with Crippen LogP contribution in [0.5, 0.6) is 11.6 Å². The zero-order valence-electron chi connectivity index (χ0n) is 28.4. The first-order valence-electron chi connectivity index (χ1n) is 15.8. The van der Waals surface area contributed by atoms with Crippen LogP contribution in [0.25, 0.3) is 11.3 Å². The second-order valence-corrected chi connectivity index (χ2v) is 14.8. The maximum Gasteiger partial charge on any atom is 0.335 e. The molecule has 0 saturated carbocycles. The van der Waals surface area contributed by atoms with Crippen molar-refractivity contribution in [3.05, 3.63) is 83.4 Å². The molecule has 2 aromatic carbocycles. The first-order chi connectivity index (χ1) is 22.6. The van der Waals surface area contributed by atoms with Gasteiger partial charge in [-0.05, 0) is 75.3 Å². The third-order valence-electron chi connectivity index (χ3n) is 7.33. The summed E-state index contributed by atoms with van der Waals surface area (Å²) in [6, 6.07) is 12.5. The number of rotatable bonds is 15. The van der Waals surface area contributed by atoms with E-state index in [-0.39, 0.29) is 46.5 Å². The number of anilines is 1. The van der Waals surface area contributed by atoms with Crippen molar-refractivity contribution >= 4 is 21.9 Å². The maximum atomic E-state index is 13.4. The molecule has 256 valence electrons. The van der Waals surface area contributed by atoms with Crippen LogP contribution >= 0.6 is 0 Å². The lowest BCUT2D eigenvalue weighted by Gasteiger charge is -2.24. The molecule has 2 heterocycles. The van der Waals surface area contributed by atoms with Crippen molar-refractivity contribution in [2.45, 2.75) is 84.9 Å². The molecule has 12 nitrogen and oxygen atoms in total. The summed E-state index contributed by atoms with van der Waals surface area (Å²) in [6.45, 7) is 14.9. The number of carboxylic acid groups (broad SMARTS) is 1. The SMILES string of the molecule is Cc1cccc(C)c1-c1cc(OCC(CCC(C)(C)C)NCc2ncc(OC(C)C)cn2)nc(NS(=O)(=O)c2cccc(C(=O)O)c2)n1. The molecule has 0 spiro atoms. The van der Waals surface area contributed by atoms with Gasteiger partial charge in [-0.2, -0.15) is 4.98 Å². The van der Waals surface area contributed by atoms with E-state index in [0.29, 0.717) is 23.8 Å². The first-order valence-corrected chi connectivity index (χ1v) is 17.2. The van der Waals surface area contributed by atoms with Crippen LogP contribution in [-0.4, -0.2) is 58.2 Å². The molecule has 0 amide bonds. The quantitative estimate of drug-likeness (QED) is 0.131. The number of nitrogens with zero attached hydrogens (tertiary/aromatic N) is 4. The van der Waals surface area contributed by atoms with E-state index in [2.05, 4.69) is 50.7 Å². The summed E-state index contributed by atoms with van der Waals surface area (Å²) < 4.78 is 41.0. The fourth-order valence-corrected chi connectivity index (χ4v) is 5.90. The fraction of sp³-hybridized carbons (Fsp3) is 0.400. The number of hydrogen-bond acceptors (Lipinski definition) is 10. The Morgan fingerprint density at radius 3 is 2.27 bits per heavy atom. The number of aromatic nitrogens is 4. The Morgan fingerprint density at radius 2 is 1.65 bits per heavy atom. The average Bonchev–Trinajstić information content (AvgIpc) is 3.00. The van der Waals surface area contributed by atoms with Gasteiger partial charge in [-0.25, -0.2) is 32.9 Å². The van der Waals surface area contributed by atoms with Crippen LogP contribution in [0, 0.1) is 19.3 Å². The average molecular weight is 677 g/mol. The molecular weight excluding hydrogens is 632 g/mol. The largest absolute Gasteiger partial charge is 0.488 e. The number of carbonyl (C=O) groups is 1. The van der Waals surface area contributed by atoms with Gasteiger partial charge in [0.05, 0.1) is 41.2 Å². The number of aromatic carboxylic acids is 1. The third-order valence-corrected chi connectivity index (χ3v) is 8.66. The minimum Gasteiger partial charge on any atom is -0.488 e. The van der Waals surface area contributed by atoms with E-state index >= 15 is 0 Å². The van der Waals surface area contributed by atoms with Gasteiger partial charge in [0.25, 0.3) is 10.0 Å². The molecule has 48 heavy (non-hydrogen) atoms. The molecular formula is C35H44N6O6S. The van der Waals surface area contributed by atoms with Gasteiger partial charge in [-0.1, -0.05) is 45.0 Å². The Labute approximate surface area is 282 Å². The highest BCUT2D eigenvalue weighted by Crippen LogP contribution is 2.30. The number of aryl methyl sites for hydroxylation is 2. The lowest BCUT2D eigenvalue weighted by atomic mass is 9.89. The van der Waals surface area contributed by atoms with Crippen LogP contribution in [0.15, 0.2) is 65.8 Å². The Morgan fingerprint density at radius 1 is 0.979 bits per heavy atom. The van der Waals surface area contributed by atoms with E-state index in [1.807, 2.05) is 45.9 Å². The van der Waals surface area contributed by atoms with Crippen LogP contribution in [-0.2, 0) is 16.6 Å². The van der Waals surface area contributed by atoms with E-state index in [4.69, 9.17) is 9.47 Å². The van der Waals surface area contributed by atoms with Crippen molar-refractivity contribution in [1.29, 1.82) is 0 Å². The van der Waals surface area contributed by atoms with Gasteiger partial charge in [0.2, 0.25) is 11.8 Å². The predicted molar refractivity (Wildman–Crippen MR) is 184 cm³/mol. The number of hydrogen-bond donors (Lipinski definition) is 3. The lowest BCUT2D eigenvalue weighted by molar-refractivity contribution is 0.0696. The predicted octanol–water partition coefficient (Wildman–Crippen LogP) is 6.20. The Hall–Kier alpha value is -4.62. The highest BCUT2D eigenvalue weighted by Gasteiger charge is 2.21. The lowest BCUT2D eigenvalue weighted by Crippen LogP contribution is -2.35. The van der Waals surface area contributed by atoms with Crippen molar-refractivity contribution in [2.24, 2.45) is 5.41 Å². The topological polar surface area (TPSA) is 166 Å². The zero-order valence-corrected chi connectivity index (χ0v) is 29.3. The number of benzene rings is 2. The molecule has 1 unspecified atom stereocenters. The molecule has 3 N–H and O–H groups in total. The van der Waals surface area contributed by atoms with Gasteiger partial charge < -0.3 is 19.9 Å². The number of sulfonamides is 1. The molecule has 0 fully saturated rings. The van der Waals surface area contributed by atoms with E-state index in [1.54, 1.807) is 18.5 Å². The molecule has 2 aromatic heterocycles.